The summed E-state index contributed by atoms with van der Waals surface area (Å²) in [6.45, 7) is 3.80. The second-order valence-corrected chi connectivity index (χ2v) is 3.39. The highest BCUT2D eigenvalue weighted by atomic mass is 35.5. The molecule has 0 saturated heterocycles. The van der Waals surface area contributed by atoms with E-state index in [1.165, 1.54) is 0 Å². The molecule has 0 aliphatic carbocycles. The van der Waals surface area contributed by atoms with E-state index in [4.69, 9.17) is 11.6 Å². The lowest BCUT2D eigenvalue weighted by molar-refractivity contribution is 0.802. The Morgan fingerprint density at radius 2 is 2.07 bits per heavy atom. The van der Waals surface area contributed by atoms with E-state index in [0.717, 1.165) is 17.0 Å². The van der Waals surface area contributed by atoms with Crippen LogP contribution in [-0.4, -0.2) is 20.9 Å². The molecule has 1 heterocycles. The zero-order valence-corrected chi connectivity index (χ0v) is 8.85. The third kappa shape index (κ3) is 2.07. The fourth-order valence-electron chi connectivity index (χ4n) is 1.20. The van der Waals surface area contributed by atoms with Gasteiger partial charge in [0.05, 0.1) is 11.9 Å². The van der Waals surface area contributed by atoms with Crippen molar-refractivity contribution < 1.29 is 0 Å². The van der Waals surface area contributed by atoms with Crippen molar-refractivity contribution in [1.82, 2.24) is 15.0 Å². The first kappa shape index (κ1) is 9.93. The van der Waals surface area contributed by atoms with Gasteiger partial charge >= 0.3 is 0 Å². The van der Waals surface area contributed by atoms with E-state index in [0.29, 0.717) is 5.88 Å². The maximum absolute atomic E-state index is 5.67. The van der Waals surface area contributed by atoms with Crippen LogP contribution in [0.25, 0.3) is 11.3 Å². The SMILES string of the molecule is C=C(CCl)c1cn(-c2ccccc2)nn1. The lowest BCUT2D eigenvalue weighted by Gasteiger charge is -1.97. The third-order valence-electron chi connectivity index (χ3n) is 2.04. The lowest BCUT2D eigenvalue weighted by Crippen LogP contribution is -1.93. The zero-order chi connectivity index (χ0) is 10.7. The molecule has 0 radical (unpaired) electrons. The van der Waals surface area contributed by atoms with E-state index in [9.17, 15) is 0 Å². The number of benzene rings is 1. The van der Waals surface area contributed by atoms with E-state index in [-0.39, 0.29) is 0 Å². The highest BCUT2D eigenvalue weighted by Crippen LogP contribution is 2.12. The van der Waals surface area contributed by atoms with Crippen LogP contribution >= 0.6 is 11.6 Å². The Hall–Kier alpha value is -1.61. The van der Waals surface area contributed by atoms with Crippen molar-refractivity contribution in [2.75, 3.05) is 5.88 Å². The Morgan fingerprint density at radius 1 is 1.33 bits per heavy atom. The van der Waals surface area contributed by atoms with Crippen molar-refractivity contribution in [2.45, 2.75) is 0 Å². The van der Waals surface area contributed by atoms with Crippen LogP contribution in [-0.2, 0) is 0 Å². The summed E-state index contributed by atoms with van der Waals surface area (Å²) in [5, 5.41) is 7.99. The summed E-state index contributed by atoms with van der Waals surface area (Å²) in [7, 11) is 0. The highest BCUT2D eigenvalue weighted by Gasteiger charge is 2.04. The first-order chi connectivity index (χ1) is 7.31. The average Bonchev–Trinajstić information content (AvgIpc) is 2.78. The van der Waals surface area contributed by atoms with Gasteiger partial charge in [0, 0.05) is 5.88 Å². The predicted octanol–water partition coefficient (Wildman–Crippen LogP) is 2.52. The molecule has 0 saturated carbocycles. The molecular formula is C11H10ClN3. The maximum Gasteiger partial charge on any atom is 0.110 e. The molecule has 0 atom stereocenters. The van der Waals surface area contributed by atoms with E-state index in [2.05, 4.69) is 16.9 Å². The van der Waals surface area contributed by atoms with Crippen LogP contribution in [0.4, 0.5) is 0 Å². The Bertz CT molecular complexity index is 462. The Kier molecular flexibility index (Phi) is 2.83. The zero-order valence-electron chi connectivity index (χ0n) is 8.10. The summed E-state index contributed by atoms with van der Waals surface area (Å²) in [4.78, 5) is 0. The van der Waals surface area contributed by atoms with Crippen LogP contribution in [0.15, 0.2) is 43.1 Å². The third-order valence-corrected chi connectivity index (χ3v) is 2.36. The van der Waals surface area contributed by atoms with Crippen LogP contribution in [0, 0.1) is 0 Å². The summed E-state index contributed by atoms with van der Waals surface area (Å²) in [5.41, 5.74) is 2.48. The molecule has 3 nitrogen and oxygen atoms in total. The molecule has 0 aliphatic rings. The summed E-state index contributed by atoms with van der Waals surface area (Å²) >= 11 is 5.67. The molecule has 0 amide bonds. The van der Waals surface area contributed by atoms with Gasteiger partial charge in [-0.2, -0.15) is 0 Å². The van der Waals surface area contributed by atoms with Gasteiger partial charge < -0.3 is 0 Å². The molecular weight excluding hydrogens is 210 g/mol. The lowest BCUT2D eigenvalue weighted by atomic mass is 10.3. The molecule has 2 rings (SSSR count). The van der Waals surface area contributed by atoms with Crippen LogP contribution in [0.3, 0.4) is 0 Å². The van der Waals surface area contributed by atoms with Gasteiger partial charge in [-0.15, -0.1) is 16.7 Å². The van der Waals surface area contributed by atoms with E-state index >= 15 is 0 Å². The molecule has 0 aliphatic heterocycles. The normalized spacial score (nSPS) is 10.2. The van der Waals surface area contributed by atoms with Gasteiger partial charge in [-0.3, -0.25) is 0 Å². The van der Waals surface area contributed by atoms with Gasteiger partial charge in [0.2, 0.25) is 0 Å². The number of nitrogens with zero attached hydrogens (tertiary/aromatic N) is 3. The Balaban J connectivity index is 2.32. The van der Waals surface area contributed by atoms with Crippen LogP contribution in [0.2, 0.25) is 0 Å². The van der Waals surface area contributed by atoms with Crippen molar-refractivity contribution in [3.05, 3.63) is 48.8 Å². The van der Waals surface area contributed by atoms with Crippen molar-refractivity contribution in [3.8, 4) is 5.69 Å². The molecule has 4 heteroatoms. The fraction of sp³-hybridized carbons (Fsp3) is 0.0909. The number of hydrogen-bond acceptors (Lipinski definition) is 2. The molecule has 1 aromatic carbocycles. The molecule has 0 N–H and O–H groups in total. The molecule has 0 spiro atoms. The van der Waals surface area contributed by atoms with Crippen molar-refractivity contribution in [2.24, 2.45) is 0 Å². The number of rotatable bonds is 3. The summed E-state index contributed by atoms with van der Waals surface area (Å²) < 4.78 is 1.70. The molecule has 0 fully saturated rings. The standard InChI is InChI=1S/C11H10ClN3/c1-9(7-12)11-8-15(14-13-11)10-5-3-2-4-6-10/h2-6,8H,1,7H2. The van der Waals surface area contributed by atoms with E-state index in [1.807, 2.05) is 36.5 Å². The number of allylic oxidation sites excluding steroid dienone is 1. The van der Waals surface area contributed by atoms with Crippen molar-refractivity contribution >= 4 is 17.2 Å². The first-order valence-corrected chi connectivity index (χ1v) is 5.06. The number of para-hydroxylation sites is 1. The minimum Gasteiger partial charge on any atom is -0.220 e. The molecule has 2 aromatic rings. The summed E-state index contributed by atoms with van der Waals surface area (Å²) in [6.07, 6.45) is 1.82. The largest absolute Gasteiger partial charge is 0.220 e. The number of halogens is 1. The summed E-state index contributed by atoms with van der Waals surface area (Å²) in [5.74, 6) is 0.369. The van der Waals surface area contributed by atoms with Gasteiger partial charge in [-0.1, -0.05) is 30.0 Å². The minimum absolute atomic E-state index is 0.369. The monoisotopic (exact) mass is 219 g/mol. The number of hydrogen-bond donors (Lipinski definition) is 0. The summed E-state index contributed by atoms with van der Waals surface area (Å²) in [6, 6.07) is 9.78. The molecule has 76 valence electrons. The number of aromatic nitrogens is 3. The highest BCUT2D eigenvalue weighted by molar-refractivity contribution is 6.22. The Morgan fingerprint density at radius 3 is 2.73 bits per heavy atom. The first-order valence-electron chi connectivity index (χ1n) is 4.53. The molecule has 15 heavy (non-hydrogen) atoms. The van der Waals surface area contributed by atoms with E-state index < -0.39 is 0 Å². The molecule has 0 unspecified atom stereocenters. The van der Waals surface area contributed by atoms with Gasteiger partial charge in [0.25, 0.3) is 0 Å². The quantitative estimate of drug-likeness (QED) is 0.743. The number of alkyl halides is 1. The fourth-order valence-corrected chi connectivity index (χ4v) is 1.34. The molecule has 0 bridgehead atoms. The second kappa shape index (κ2) is 4.28. The van der Waals surface area contributed by atoms with Gasteiger partial charge in [0.1, 0.15) is 5.69 Å². The second-order valence-electron chi connectivity index (χ2n) is 3.12. The van der Waals surface area contributed by atoms with E-state index in [1.54, 1.807) is 4.68 Å². The van der Waals surface area contributed by atoms with Crippen molar-refractivity contribution in [3.63, 3.8) is 0 Å². The average molecular weight is 220 g/mol. The topological polar surface area (TPSA) is 30.7 Å². The Labute approximate surface area is 93.0 Å². The molecule has 1 aromatic heterocycles. The van der Waals surface area contributed by atoms with Crippen LogP contribution in [0.5, 0.6) is 0 Å². The van der Waals surface area contributed by atoms with Crippen molar-refractivity contribution in [1.29, 1.82) is 0 Å². The minimum atomic E-state index is 0.369. The van der Waals surface area contributed by atoms with Gasteiger partial charge in [-0.05, 0) is 17.7 Å². The van der Waals surface area contributed by atoms with Gasteiger partial charge in [0.15, 0.2) is 0 Å². The smallest absolute Gasteiger partial charge is 0.110 e. The van der Waals surface area contributed by atoms with Gasteiger partial charge in [-0.25, -0.2) is 4.68 Å². The van der Waals surface area contributed by atoms with Crippen LogP contribution in [0.1, 0.15) is 5.69 Å². The predicted molar refractivity (Wildman–Crippen MR) is 61.1 cm³/mol. The maximum atomic E-state index is 5.67. The van der Waals surface area contributed by atoms with Crippen LogP contribution < -0.4 is 0 Å².